The van der Waals surface area contributed by atoms with E-state index in [9.17, 15) is 4.79 Å². The lowest BCUT2D eigenvalue weighted by atomic mass is 10.1. The molecule has 1 aromatic carbocycles. The van der Waals surface area contributed by atoms with Crippen molar-refractivity contribution in [3.05, 3.63) is 42.2 Å². The zero-order valence-electron chi connectivity index (χ0n) is 13.8. The van der Waals surface area contributed by atoms with Crippen LogP contribution in [0.4, 0.5) is 0 Å². The van der Waals surface area contributed by atoms with E-state index < -0.39 is 0 Å². The zero-order chi connectivity index (χ0) is 16.2. The number of likely N-dealkylation sites (tertiary alicyclic amines) is 1. The summed E-state index contributed by atoms with van der Waals surface area (Å²) >= 11 is 0. The van der Waals surface area contributed by atoms with Crippen LogP contribution < -0.4 is 0 Å². The third kappa shape index (κ3) is 3.45. The van der Waals surface area contributed by atoms with Crippen LogP contribution in [0.5, 0.6) is 0 Å². The average molecular weight is 312 g/mol. The summed E-state index contributed by atoms with van der Waals surface area (Å²) in [5, 5.41) is 0. The minimum absolute atomic E-state index is 0.108. The minimum atomic E-state index is 0.108. The second-order valence-corrected chi connectivity index (χ2v) is 6.32. The fourth-order valence-corrected chi connectivity index (χ4v) is 3.26. The van der Waals surface area contributed by atoms with Crippen LogP contribution in [0.15, 0.2) is 36.7 Å². The van der Waals surface area contributed by atoms with Gasteiger partial charge in [-0.05, 0) is 39.4 Å². The molecule has 1 aliphatic heterocycles. The van der Waals surface area contributed by atoms with Gasteiger partial charge in [-0.25, -0.2) is 4.98 Å². The Hall–Kier alpha value is -2.14. The van der Waals surface area contributed by atoms with Gasteiger partial charge in [0.05, 0.1) is 5.56 Å². The average Bonchev–Trinajstić information content (AvgIpc) is 2.98. The number of aromatic nitrogens is 2. The number of carbonyl (C=O) groups is 1. The first-order chi connectivity index (χ1) is 11.2. The van der Waals surface area contributed by atoms with Crippen LogP contribution >= 0.6 is 0 Å². The van der Waals surface area contributed by atoms with Crippen molar-refractivity contribution in [3.8, 4) is 11.4 Å². The fourth-order valence-electron chi connectivity index (χ4n) is 3.26. The quantitative estimate of drug-likeness (QED) is 0.948. The smallest absolute Gasteiger partial charge is 0.254 e. The first kappa shape index (κ1) is 15.7. The summed E-state index contributed by atoms with van der Waals surface area (Å²) in [6.45, 7) is 1.64. The van der Waals surface area contributed by atoms with Crippen molar-refractivity contribution in [2.24, 2.45) is 0 Å². The predicted octanol–water partition coefficient (Wildman–Crippen LogP) is 2.63. The van der Waals surface area contributed by atoms with Crippen LogP contribution in [-0.4, -0.2) is 58.9 Å². The number of rotatable bonds is 3. The summed E-state index contributed by atoms with van der Waals surface area (Å²) in [6.07, 6.45) is 6.73. The van der Waals surface area contributed by atoms with Gasteiger partial charge in [-0.3, -0.25) is 4.79 Å². The summed E-state index contributed by atoms with van der Waals surface area (Å²) in [6, 6.07) is 8.27. The number of H-pyrrole nitrogens is 1. The van der Waals surface area contributed by atoms with Gasteiger partial charge in [0.1, 0.15) is 5.82 Å². The maximum Gasteiger partial charge on any atom is 0.254 e. The first-order valence-corrected chi connectivity index (χ1v) is 8.21. The molecule has 1 aromatic heterocycles. The number of amides is 1. The molecule has 5 nitrogen and oxygen atoms in total. The van der Waals surface area contributed by atoms with Crippen molar-refractivity contribution in [1.82, 2.24) is 19.8 Å². The molecule has 0 aliphatic carbocycles. The molecular formula is C18H24N4O. The van der Waals surface area contributed by atoms with Gasteiger partial charge in [0.15, 0.2) is 0 Å². The SMILES string of the molecule is CN(C)[C@@H]1CCCN(C(=O)c2ccccc2-c2ncc[nH]2)CC1. The van der Waals surface area contributed by atoms with E-state index in [1.807, 2.05) is 29.2 Å². The van der Waals surface area contributed by atoms with Crippen molar-refractivity contribution in [2.45, 2.75) is 25.3 Å². The standard InChI is InChI=1S/C18H24N4O/c1-21(2)14-6-5-12-22(13-9-14)18(23)16-8-4-3-7-15(16)17-19-10-11-20-17/h3-4,7-8,10-11,14H,5-6,9,12-13H2,1-2H3,(H,19,20)/t14-/m1/s1. The maximum atomic E-state index is 13.0. The van der Waals surface area contributed by atoms with E-state index >= 15 is 0 Å². The van der Waals surface area contributed by atoms with E-state index in [2.05, 4.69) is 29.0 Å². The van der Waals surface area contributed by atoms with Gasteiger partial charge in [-0.15, -0.1) is 0 Å². The van der Waals surface area contributed by atoms with Crippen molar-refractivity contribution in [3.63, 3.8) is 0 Å². The van der Waals surface area contributed by atoms with Gasteiger partial charge in [0.25, 0.3) is 5.91 Å². The van der Waals surface area contributed by atoms with Crippen LogP contribution in [0.2, 0.25) is 0 Å². The molecule has 2 aromatic rings. The van der Waals surface area contributed by atoms with Crippen LogP contribution in [0.25, 0.3) is 11.4 Å². The van der Waals surface area contributed by atoms with Gasteiger partial charge >= 0.3 is 0 Å². The monoisotopic (exact) mass is 312 g/mol. The Bertz CT molecular complexity index is 651. The number of nitrogens with zero attached hydrogens (tertiary/aromatic N) is 3. The number of hydrogen-bond donors (Lipinski definition) is 1. The molecule has 2 heterocycles. The Balaban J connectivity index is 1.81. The molecule has 1 atom stereocenters. The van der Waals surface area contributed by atoms with E-state index in [-0.39, 0.29) is 5.91 Å². The molecule has 1 aliphatic rings. The highest BCUT2D eigenvalue weighted by atomic mass is 16.2. The Labute approximate surface area is 137 Å². The Morgan fingerprint density at radius 1 is 1.26 bits per heavy atom. The molecule has 5 heteroatoms. The van der Waals surface area contributed by atoms with E-state index in [0.717, 1.165) is 49.3 Å². The lowest BCUT2D eigenvalue weighted by Crippen LogP contribution is -2.34. The molecule has 0 radical (unpaired) electrons. The highest BCUT2D eigenvalue weighted by Crippen LogP contribution is 2.23. The lowest BCUT2D eigenvalue weighted by molar-refractivity contribution is 0.0759. The van der Waals surface area contributed by atoms with Crippen molar-refractivity contribution in [1.29, 1.82) is 0 Å². The largest absolute Gasteiger partial charge is 0.345 e. The van der Waals surface area contributed by atoms with Crippen LogP contribution in [0, 0.1) is 0 Å². The van der Waals surface area contributed by atoms with Crippen LogP contribution in [-0.2, 0) is 0 Å². The molecule has 1 fully saturated rings. The molecule has 0 bridgehead atoms. The topological polar surface area (TPSA) is 52.2 Å². The Morgan fingerprint density at radius 2 is 2.09 bits per heavy atom. The molecule has 3 rings (SSSR count). The van der Waals surface area contributed by atoms with Crippen LogP contribution in [0.3, 0.4) is 0 Å². The van der Waals surface area contributed by atoms with E-state index in [0.29, 0.717) is 6.04 Å². The number of imidazole rings is 1. The highest BCUT2D eigenvalue weighted by Gasteiger charge is 2.24. The lowest BCUT2D eigenvalue weighted by Gasteiger charge is -2.24. The molecule has 1 N–H and O–H groups in total. The fraction of sp³-hybridized carbons (Fsp3) is 0.444. The van der Waals surface area contributed by atoms with E-state index in [4.69, 9.17) is 0 Å². The summed E-state index contributed by atoms with van der Waals surface area (Å²) in [5.41, 5.74) is 1.60. The zero-order valence-corrected chi connectivity index (χ0v) is 13.8. The molecule has 0 saturated carbocycles. The van der Waals surface area contributed by atoms with Crippen LogP contribution in [0.1, 0.15) is 29.6 Å². The summed E-state index contributed by atoms with van der Waals surface area (Å²) < 4.78 is 0. The minimum Gasteiger partial charge on any atom is -0.345 e. The second-order valence-electron chi connectivity index (χ2n) is 6.32. The molecule has 0 spiro atoms. The Kier molecular flexibility index (Phi) is 4.76. The summed E-state index contributed by atoms with van der Waals surface area (Å²) in [7, 11) is 4.24. The number of carbonyl (C=O) groups excluding carboxylic acids is 1. The Morgan fingerprint density at radius 3 is 2.83 bits per heavy atom. The molecule has 0 unspecified atom stereocenters. The number of aromatic amines is 1. The predicted molar refractivity (Wildman–Crippen MR) is 91.3 cm³/mol. The number of benzene rings is 1. The summed E-state index contributed by atoms with van der Waals surface area (Å²) in [4.78, 5) is 24.7. The van der Waals surface area contributed by atoms with E-state index in [1.54, 1.807) is 12.4 Å². The maximum absolute atomic E-state index is 13.0. The van der Waals surface area contributed by atoms with E-state index in [1.165, 1.54) is 0 Å². The van der Waals surface area contributed by atoms with Gasteiger partial charge in [-0.2, -0.15) is 0 Å². The molecule has 1 amide bonds. The highest BCUT2D eigenvalue weighted by molar-refractivity contribution is 6.00. The molecule has 23 heavy (non-hydrogen) atoms. The summed E-state index contributed by atoms with van der Waals surface area (Å²) in [5.74, 6) is 0.853. The molecule has 122 valence electrons. The normalized spacial score (nSPS) is 18.9. The van der Waals surface area contributed by atoms with Gasteiger partial charge in [-0.1, -0.05) is 18.2 Å². The molecule has 1 saturated heterocycles. The molecular weight excluding hydrogens is 288 g/mol. The van der Waals surface area contributed by atoms with Gasteiger partial charge < -0.3 is 14.8 Å². The van der Waals surface area contributed by atoms with Gasteiger partial charge in [0.2, 0.25) is 0 Å². The van der Waals surface area contributed by atoms with Crippen molar-refractivity contribution in [2.75, 3.05) is 27.2 Å². The number of hydrogen-bond acceptors (Lipinski definition) is 3. The van der Waals surface area contributed by atoms with Gasteiger partial charge in [0, 0.05) is 37.1 Å². The third-order valence-electron chi connectivity index (χ3n) is 4.63. The third-order valence-corrected chi connectivity index (χ3v) is 4.63. The second kappa shape index (κ2) is 6.96. The van der Waals surface area contributed by atoms with Crippen molar-refractivity contribution < 1.29 is 4.79 Å². The first-order valence-electron chi connectivity index (χ1n) is 8.21. The number of nitrogens with one attached hydrogen (secondary N) is 1. The van der Waals surface area contributed by atoms with Crippen molar-refractivity contribution >= 4 is 5.91 Å².